The van der Waals surface area contributed by atoms with E-state index >= 15 is 0 Å². The quantitative estimate of drug-likeness (QED) is 0.822. The maximum atomic E-state index is 12.1. The van der Waals surface area contributed by atoms with Gasteiger partial charge in [-0.15, -0.1) is 0 Å². The molecule has 1 fully saturated rings. The third-order valence-electron chi connectivity index (χ3n) is 3.66. The normalized spacial score (nSPS) is 15.0. The standard InChI is InChI=1S/C15H20BrN3O2/c1-12-10-13(16)2-3-14(12)17-5-4-15(21)19-8-6-18(11-20)7-9-19/h2-3,10-11,17H,4-9H2,1H3. The maximum absolute atomic E-state index is 12.1. The van der Waals surface area contributed by atoms with Gasteiger partial charge >= 0.3 is 0 Å². The van der Waals surface area contributed by atoms with Crippen molar-refractivity contribution in [3.05, 3.63) is 28.2 Å². The molecule has 2 rings (SSSR count). The molecule has 1 saturated heterocycles. The smallest absolute Gasteiger partial charge is 0.224 e. The lowest BCUT2D eigenvalue weighted by molar-refractivity contribution is -0.134. The second-order valence-electron chi connectivity index (χ2n) is 5.16. The van der Waals surface area contributed by atoms with E-state index in [1.165, 1.54) is 0 Å². The summed E-state index contributed by atoms with van der Waals surface area (Å²) in [5.41, 5.74) is 2.20. The van der Waals surface area contributed by atoms with Crippen molar-refractivity contribution in [3.63, 3.8) is 0 Å². The summed E-state index contributed by atoms with van der Waals surface area (Å²) in [5.74, 6) is 0.141. The van der Waals surface area contributed by atoms with E-state index in [1.54, 1.807) is 4.90 Å². The van der Waals surface area contributed by atoms with E-state index in [0.29, 0.717) is 39.1 Å². The molecule has 1 aromatic carbocycles. The summed E-state index contributed by atoms with van der Waals surface area (Å²) in [6, 6.07) is 6.03. The Morgan fingerprint density at radius 3 is 2.67 bits per heavy atom. The Balaban J connectivity index is 1.75. The van der Waals surface area contributed by atoms with Gasteiger partial charge in [-0.05, 0) is 30.7 Å². The lowest BCUT2D eigenvalue weighted by Crippen LogP contribution is -2.48. The third-order valence-corrected chi connectivity index (χ3v) is 4.15. The number of hydrogen-bond acceptors (Lipinski definition) is 3. The van der Waals surface area contributed by atoms with Crippen molar-refractivity contribution in [3.8, 4) is 0 Å². The lowest BCUT2D eigenvalue weighted by Gasteiger charge is -2.32. The fourth-order valence-electron chi connectivity index (χ4n) is 2.36. The van der Waals surface area contributed by atoms with Crippen LogP contribution in [0, 0.1) is 6.92 Å². The number of carbonyl (C=O) groups is 2. The van der Waals surface area contributed by atoms with Crippen molar-refractivity contribution in [1.29, 1.82) is 0 Å². The van der Waals surface area contributed by atoms with Gasteiger partial charge in [0.05, 0.1) is 0 Å². The van der Waals surface area contributed by atoms with Crippen molar-refractivity contribution in [2.75, 3.05) is 38.0 Å². The number of anilines is 1. The average molecular weight is 354 g/mol. The van der Waals surface area contributed by atoms with Gasteiger partial charge in [0.2, 0.25) is 12.3 Å². The third kappa shape index (κ3) is 4.46. The molecule has 6 heteroatoms. The van der Waals surface area contributed by atoms with Crippen molar-refractivity contribution < 1.29 is 9.59 Å². The summed E-state index contributed by atoms with van der Waals surface area (Å²) in [4.78, 5) is 26.3. The highest BCUT2D eigenvalue weighted by atomic mass is 79.9. The van der Waals surface area contributed by atoms with Gasteiger partial charge in [0.25, 0.3) is 0 Å². The van der Waals surface area contributed by atoms with Gasteiger partial charge in [-0.2, -0.15) is 0 Å². The van der Waals surface area contributed by atoms with Gasteiger partial charge in [-0.1, -0.05) is 15.9 Å². The van der Waals surface area contributed by atoms with Crippen molar-refractivity contribution in [2.24, 2.45) is 0 Å². The molecule has 5 nitrogen and oxygen atoms in total. The SMILES string of the molecule is Cc1cc(Br)ccc1NCCC(=O)N1CCN(C=O)CC1. The summed E-state index contributed by atoms with van der Waals surface area (Å²) in [6.45, 7) is 5.19. The molecule has 0 bridgehead atoms. The topological polar surface area (TPSA) is 52.7 Å². The zero-order valence-corrected chi connectivity index (χ0v) is 13.7. The Labute approximate surface area is 133 Å². The Bertz CT molecular complexity index is 514. The first-order chi connectivity index (χ1) is 10.1. The van der Waals surface area contributed by atoms with Crippen LogP contribution in [0.3, 0.4) is 0 Å². The minimum absolute atomic E-state index is 0.141. The van der Waals surface area contributed by atoms with Crippen molar-refractivity contribution in [2.45, 2.75) is 13.3 Å². The monoisotopic (exact) mass is 353 g/mol. The molecule has 1 aromatic rings. The summed E-state index contributed by atoms with van der Waals surface area (Å²) in [5, 5.41) is 3.30. The lowest BCUT2D eigenvalue weighted by atomic mass is 10.2. The van der Waals surface area contributed by atoms with E-state index < -0.39 is 0 Å². The van der Waals surface area contributed by atoms with Crippen LogP contribution in [0.5, 0.6) is 0 Å². The average Bonchev–Trinajstić information content (AvgIpc) is 2.49. The van der Waals surface area contributed by atoms with Gasteiger partial charge in [-0.3, -0.25) is 9.59 Å². The van der Waals surface area contributed by atoms with Gasteiger partial charge in [0, 0.05) is 49.3 Å². The minimum atomic E-state index is 0.141. The van der Waals surface area contributed by atoms with E-state index in [4.69, 9.17) is 0 Å². The van der Waals surface area contributed by atoms with Crippen LogP contribution in [0.15, 0.2) is 22.7 Å². The molecule has 21 heavy (non-hydrogen) atoms. The molecule has 0 unspecified atom stereocenters. The van der Waals surface area contributed by atoms with Crippen LogP contribution in [0.25, 0.3) is 0 Å². The van der Waals surface area contributed by atoms with Crippen LogP contribution in [0.2, 0.25) is 0 Å². The largest absolute Gasteiger partial charge is 0.384 e. The first-order valence-electron chi connectivity index (χ1n) is 7.07. The van der Waals surface area contributed by atoms with Crippen LogP contribution >= 0.6 is 15.9 Å². The molecule has 114 valence electrons. The van der Waals surface area contributed by atoms with E-state index in [9.17, 15) is 9.59 Å². The van der Waals surface area contributed by atoms with Crippen LogP contribution in [0.1, 0.15) is 12.0 Å². The Kier molecular flexibility index (Phi) is 5.61. The Morgan fingerprint density at radius 1 is 1.33 bits per heavy atom. The number of rotatable bonds is 5. The molecule has 0 spiro atoms. The number of nitrogens with one attached hydrogen (secondary N) is 1. The fourth-order valence-corrected chi connectivity index (χ4v) is 2.84. The first-order valence-corrected chi connectivity index (χ1v) is 7.86. The predicted octanol–water partition coefficient (Wildman–Crippen LogP) is 1.86. The van der Waals surface area contributed by atoms with E-state index in [-0.39, 0.29) is 5.91 Å². The number of nitrogens with zero attached hydrogens (tertiary/aromatic N) is 2. The van der Waals surface area contributed by atoms with Gasteiger partial charge in [0.15, 0.2) is 0 Å². The van der Waals surface area contributed by atoms with Crippen LogP contribution < -0.4 is 5.32 Å². The fraction of sp³-hybridized carbons (Fsp3) is 0.467. The molecule has 1 N–H and O–H groups in total. The first kappa shape index (κ1) is 15.8. The van der Waals surface area contributed by atoms with E-state index in [0.717, 1.165) is 22.1 Å². The summed E-state index contributed by atoms with van der Waals surface area (Å²) in [7, 11) is 0. The predicted molar refractivity (Wildman–Crippen MR) is 86.2 cm³/mol. The van der Waals surface area contributed by atoms with Crippen LogP contribution in [-0.4, -0.2) is 54.8 Å². The molecular weight excluding hydrogens is 334 g/mol. The molecule has 0 saturated carbocycles. The maximum Gasteiger partial charge on any atom is 0.224 e. The number of halogens is 1. The summed E-state index contributed by atoms with van der Waals surface area (Å²) < 4.78 is 1.05. The molecule has 1 aliphatic heterocycles. The molecular formula is C15H20BrN3O2. The van der Waals surface area contributed by atoms with E-state index in [1.807, 2.05) is 30.0 Å². The molecule has 1 heterocycles. The van der Waals surface area contributed by atoms with Gasteiger partial charge in [0.1, 0.15) is 0 Å². The summed E-state index contributed by atoms with van der Waals surface area (Å²) in [6.07, 6.45) is 1.32. The van der Waals surface area contributed by atoms with Gasteiger partial charge < -0.3 is 15.1 Å². The minimum Gasteiger partial charge on any atom is -0.384 e. The highest BCUT2D eigenvalue weighted by Crippen LogP contribution is 2.19. The van der Waals surface area contributed by atoms with Crippen molar-refractivity contribution in [1.82, 2.24) is 9.80 Å². The van der Waals surface area contributed by atoms with Crippen LogP contribution in [-0.2, 0) is 9.59 Å². The second-order valence-corrected chi connectivity index (χ2v) is 6.07. The number of amides is 2. The second kappa shape index (κ2) is 7.45. The molecule has 0 aliphatic carbocycles. The number of benzene rings is 1. The molecule has 0 atom stereocenters. The number of aryl methyl sites for hydroxylation is 1. The Hall–Kier alpha value is -1.56. The number of carbonyl (C=O) groups excluding carboxylic acids is 2. The molecule has 0 radical (unpaired) electrons. The van der Waals surface area contributed by atoms with E-state index in [2.05, 4.69) is 21.2 Å². The molecule has 0 aromatic heterocycles. The highest BCUT2D eigenvalue weighted by Gasteiger charge is 2.19. The zero-order chi connectivity index (χ0) is 15.2. The van der Waals surface area contributed by atoms with Crippen molar-refractivity contribution >= 4 is 33.9 Å². The number of piperazine rings is 1. The summed E-state index contributed by atoms with van der Waals surface area (Å²) >= 11 is 3.43. The Morgan fingerprint density at radius 2 is 2.05 bits per heavy atom. The van der Waals surface area contributed by atoms with Crippen LogP contribution in [0.4, 0.5) is 5.69 Å². The van der Waals surface area contributed by atoms with Gasteiger partial charge in [-0.25, -0.2) is 0 Å². The zero-order valence-electron chi connectivity index (χ0n) is 12.1. The molecule has 1 aliphatic rings. The molecule has 2 amide bonds. The number of hydrogen-bond donors (Lipinski definition) is 1. The highest BCUT2D eigenvalue weighted by molar-refractivity contribution is 9.10.